The molecule has 2 N–H and O–H groups in total. The van der Waals surface area contributed by atoms with Crippen molar-refractivity contribution in [1.82, 2.24) is 15.5 Å². The highest BCUT2D eigenvalue weighted by molar-refractivity contribution is 7.99. The standard InChI is InChI=1S/C22H23ClN4O3S/c1-13(2)11-24-20(29)16-6-9-18(14(3)10-16)25-19(28)12-31-22-27-26-21(30-22)15-4-7-17(23)8-5-15/h4-10,13H,11-12H2,1-3H3,(H,24,29)(H,25,28). The van der Waals surface area contributed by atoms with Crippen LogP contribution in [0.5, 0.6) is 0 Å². The average molecular weight is 459 g/mol. The van der Waals surface area contributed by atoms with Gasteiger partial charge in [0.25, 0.3) is 11.1 Å². The minimum absolute atomic E-state index is 0.109. The Hall–Kier alpha value is -2.84. The van der Waals surface area contributed by atoms with Crippen LogP contribution in [0.1, 0.15) is 29.8 Å². The highest BCUT2D eigenvalue weighted by Crippen LogP contribution is 2.25. The molecule has 0 spiro atoms. The maximum atomic E-state index is 12.3. The third-order valence-electron chi connectivity index (χ3n) is 4.26. The SMILES string of the molecule is Cc1cc(C(=O)NCC(C)C)ccc1NC(=O)CSc1nnc(-c2ccc(Cl)cc2)o1. The van der Waals surface area contributed by atoms with Gasteiger partial charge < -0.3 is 15.1 Å². The molecule has 0 atom stereocenters. The van der Waals surface area contributed by atoms with Gasteiger partial charge in [0.05, 0.1) is 5.75 Å². The largest absolute Gasteiger partial charge is 0.411 e. The summed E-state index contributed by atoms with van der Waals surface area (Å²) in [5.41, 5.74) is 2.77. The van der Waals surface area contributed by atoms with Crippen LogP contribution < -0.4 is 10.6 Å². The zero-order valence-electron chi connectivity index (χ0n) is 17.4. The molecule has 0 saturated carbocycles. The third-order valence-corrected chi connectivity index (χ3v) is 5.33. The number of amides is 2. The van der Waals surface area contributed by atoms with Crippen molar-refractivity contribution in [2.24, 2.45) is 5.92 Å². The average Bonchev–Trinajstić information content (AvgIpc) is 3.21. The highest BCUT2D eigenvalue weighted by atomic mass is 35.5. The topological polar surface area (TPSA) is 97.1 Å². The van der Waals surface area contributed by atoms with E-state index in [1.54, 1.807) is 42.5 Å². The summed E-state index contributed by atoms with van der Waals surface area (Å²) in [7, 11) is 0. The molecule has 0 unspecified atom stereocenters. The molecule has 3 rings (SSSR count). The van der Waals surface area contributed by atoms with Crippen molar-refractivity contribution in [1.29, 1.82) is 0 Å². The normalized spacial score (nSPS) is 10.9. The Kier molecular flexibility index (Phi) is 7.70. The Morgan fingerprint density at radius 3 is 2.55 bits per heavy atom. The van der Waals surface area contributed by atoms with Gasteiger partial charge in [-0.3, -0.25) is 9.59 Å². The number of thioether (sulfide) groups is 1. The number of halogens is 1. The second kappa shape index (κ2) is 10.5. The number of nitrogens with one attached hydrogen (secondary N) is 2. The maximum absolute atomic E-state index is 12.3. The molecule has 0 bridgehead atoms. The van der Waals surface area contributed by atoms with Gasteiger partial charge in [-0.1, -0.05) is 37.2 Å². The van der Waals surface area contributed by atoms with Crippen LogP contribution in [-0.4, -0.2) is 34.3 Å². The number of hydrogen-bond donors (Lipinski definition) is 2. The molecule has 1 heterocycles. The first-order valence-corrected chi connectivity index (χ1v) is 11.1. The number of hydrogen-bond acceptors (Lipinski definition) is 6. The summed E-state index contributed by atoms with van der Waals surface area (Å²) in [5.74, 6) is 0.511. The summed E-state index contributed by atoms with van der Waals surface area (Å²) in [6, 6.07) is 12.2. The van der Waals surface area contributed by atoms with Crippen LogP contribution in [0.25, 0.3) is 11.5 Å². The van der Waals surface area contributed by atoms with E-state index in [2.05, 4.69) is 20.8 Å². The van der Waals surface area contributed by atoms with Crippen LogP contribution in [0.2, 0.25) is 5.02 Å². The molecule has 0 saturated heterocycles. The summed E-state index contributed by atoms with van der Waals surface area (Å²) < 4.78 is 5.59. The number of benzene rings is 2. The van der Waals surface area contributed by atoms with Crippen molar-refractivity contribution >= 4 is 40.9 Å². The van der Waals surface area contributed by atoms with E-state index in [1.165, 1.54) is 0 Å². The molecule has 9 heteroatoms. The van der Waals surface area contributed by atoms with Crippen molar-refractivity contribution in [2.45, 2.75) is 26.0 Å². The molecule has 162 valence electrons. The Morgan fingerprint density at radius 2 is 1.87 bits per heavy atom. The smallest absolute Gasteiger partial charge is 0.277 e. The molecular formula is C22H23ClN4O3S. The summed E-state index contributed by atoms with van der Waals surface area (Å²) in [6.07, 6.45) is 0. The van der Waals surface area contributed by atoms with E-state index in [9.17, 15) is 9.59 Å². The zero-order chi connectivity index (χ0) is 22.4. The lowest BCUT2D eigenvalue weighted by Gasteiger charge is -2.11. The van der Waals surface area contributed by atoms with Gasteiger partial charge >= 0.3 is 0 Å². The van der Waals surface area contributed by atoms with Gasteiger partial charge in [0.2, 0.25) is 11.8 Å². The highest BCUT2D eigenvalue weighted by Gasteiger charge is 2.13. The molecule has 0 aliphatic carbocycles. The molecule has 2 amide bonds. The van der Waals surface area contributed by atoms with Crippen LogP contribution in [0.3, 0.4) is 0 Å². The van der Waals surface area contributed by atoms with E-state index in [-0.39, 0.29) is 17.6 Å². The van der Waals surface area contributed by atoms with E-state index in [4.69, 9.17) is 16.0 Å². The quantitative estimate of drug-likeness (QED) is 0.470. The van der Waals surface area contributed by atoms with Crippen molar-refractivity contribution in [3.05, 3.63) is 58.6 Å². The van der Waals surface area contributed by atoms with Gasteiger partial charge in [-0.2, -0.15) is 0 Å². The molecule has 0 aliphatic heterocycles. The Labute approximate surface area is 190 Å². The number of anilines is 1. The Balaban J connectivity index is 1.54. The van der Waals surface area contributed by atoms with Crippen LogP contribution in [0.4, 0.5) is 5.69 Å². The fourth-order valence-electron chi connectivity index (χ4n) is 2.63. The summed E-state index contributed by atoms with van der Waals surface area (Å²) in [6.45, 7) is 6.53. The van der Waals surface area contributed by atoms with Gasteiger partial charge in [0, 0.05) is 28.4 Å². The first-order valence-electron chi connectivity index (χ1n) is 9.72. The first kappa shape index (κ1) is 22.8. The summed E-state index contributed by atoms with van der Waals surface area (Å²) >= 11 is 7.03. The Bertz CT molecular complexity index is 1070. The molecule has 0 radical (unpaired) electrons. The van der Waals surface area contributed by atoms with Crippen molar-refractivity contribution in [3.63, 3.8) is 0 Å². The van der Waals surface area contributed by atoms with E-state index in [1.807, 2.05) is 20.8 Å². The van der Waals surface area contributed by atoms with Crippen molar-refractivity contribution in [3.8, 4) is 11.5 Å². The molecular weight excluding hydrogens is 436 g/mol. The monoisotopic (exact) mass is 458 g/mol. The van der Waals surface area contributed by atoms with E-state index >= 15 is 0 Å². The molecule has 31 heavy (non-hydrogen) atoms. The summed E-state index contributed by atoms with van der Waals surface area (Å²) in [4.78, 5) is 24.5. The number of rotatable bonds is 8. The van der Waals surface area contributed by atoms with Gasteiger partial charge in [-0.05, 0) is 60.9 Å². The van der Waals surface area contributed by atoms with Gasteiger partial charge in [0.1, 0.15) is 0 Å². The summed E-state index contributed by atoms with van der Waals surface area (Å²) in [5, 5.41) is 14.6. The first-order chi connectivity index (χ1) is 14.8. The van der Waals surface area contributed by atoms with Crippen LogP contribution >= 0.6 is 23.4 Å². The maximum Gasteiger partial charge on any atom is 0.277 e. The van der Waals surface area contributed by atoms with Gasteiger partial charge in [-0.15, -0.1) is 10.2 Å². The molecule has 0 aliphatic rings. The molecule has 2 aromatic carbocycles. The Morgan fingerprint density at radius 1 is 1.13 bits per heavy atom. The molecule has 3 aromatic rings. The molecule has 0 fully saturated rings. The number of nitrogens with zero attached hydrogens (tertiary/aromatic N) is 2. The van der Waals surface area contributed by atoms with E-state index in [0.29, 0.717) is 39.8 Å². The lowest BCUT2D eigenvalue weighted by atomic mass is 10.1. The zero-order valence-corrected chi connectivity index (χ0v) is 19.0. The van der Waals surface area contributed by atoms with Crippen LogP contribution in [-0.2, 0) is 4.79 Å². The fourth-order valence-corrected chi connectivity index (χ4v) is 3.32. The minimum atomic E-state index is -0.212. The number of carbonyl (C=O) groups is 2. The van der Waals surface area contributed by atoms with Gasteiger partial charge in [0.15, 0.2) is 0 Å². The lowest BCUT2D eigenvalue weighted by molar-refractivity contribution is -0.113. The lowest BCUT2D eigenvalue weighted by Crippen LogP contribution is -2.27. The second-order valence-corrected chi connectivity index (χ2v) is 8.71. The third kappa shape index (κ3) is 6.57. The predicted molar refractivity (Wildman–Crippen MR) is 122 cm³/mol. The second-order valence-electron chi connectivity index (χ2n) is 7.35. The molecule has 1 aromatic heterocycles. The van der Waals surface area contributed by atoms with Crippen molar-refractivity contribution < 1.29 is 14.0 Å². The fraction of sp³-hybridized carbons (Fsp3) is 0.273. The number of carbonyl (C=O) groups excluding carboxylic acids is 2. The van der Waals surface area contributed by atoms with E-state index in [0.717, 1.165) is 22.9 Å². The number of aromatic nitrogens is 2. The van der Waals surface area contributed by atoms with E-state index < -0.39 is 0 Å². The number of aryl methyl sites for hydroxylation is 1. The van der Waals surface area contributed by atoms with Crippen molar-refractivity contribution in [2.75, 3.05) is 17.6 Å². The van der Waals surface area contributed by atoms with Crippen LogP contribution in [0.15, 0.2) is 52.1 Å². The van der Waals surface area contributed by atoms with Gasteiger partial charge in [-0.25, -0.2) is 0 Å². The predicted octanol–water partition coefficient (Wildman–Crippen LogP) is 4.82. The molecule has 7 nitrogen and oxygen atoms in total. The minimum Gasteiger partial charge on any atom is -0.411 e. The van der Waals surface area contributed by atoms with Crippen LogP contribution in [0, 0.1) is 12.8 Å².